The smallest absolute Gasteiger partial charge is 0.242 e. The van der Waals surface area contributed by atoms with E-state index in [0.717, 1.165) is 9.75 Å². The van der Waals surface area contributed by atoms with Crippen LogP contribution in [0.25, 0.3) is 0 Å². The lowest BCUT2D eigenvalue weighted by Crippen LogP contribution is -2.24. The van der Waals surface area contributed by atoms with E-state index in [4.69, 9.17) is 4.52 Å². The average Bonchev–Trinajstić information content (AvgIpc) is 2.94. The van der Waals surface area contributed by atoms with Crippen LogP contribution >= 0.6 is 11.3 Å². The van der Waals surface area contributed by atoms with Gasteiger partial charge in [0, 0.05) is 23.2 Å². The predicted octanol–water partition coefficient (Wildman–Crippen LogP) is 0.946. The molecule has 0 saturated heterocycles. The molecular formula is C11H16N4O3S2. The number of sulfonamides is 1. The van der Waals surface area contributed by atoms with Crippen molar-refractivity contribution in [2.24, 2.45) is 0 Å². The molecule has 2 aromatic rings. The molecule has 2 rings (SSSR count). The van der Waals surface area contributed by atoms with E-state index in [1.165, 1.54) is 11.3 Å². The third-order valence-corrected chi connectivity index (χ3v) is 5.26. The van der Waals surface area contributed by atoms with Crippen molar-refractivity contribution < 1.29 is 12.9 Å². The molecule has 0 amide bonds. The first kappa shape index (κ1) is 15.1. The van der Waals surface area contributed by atoms with Crippen molar-refractivity contribution in [1.29, 1.82) is 0 Å². The molecule has 0 saturated carbocycles. The Labute approximate surface area is 121 Å². The van der Waals surface area contributed by atoms with Crippen LogP contribution in [0.15, 0.2) is 15.5 Å². The van der Waals surface area contributed by atoms with Gasteiger partial charge in [-0.15, -0.1) is 11.3 Å². The van der Waals surface area contributed by atoms with E-state index < -0.39 is 10.0 Å². The zero-order chi connectivity index (χ0) is 14.8. The van der Waals surface area contributed by atoms with Gasteiger partial charge in [0.15, 0.2) is 5.82 Å². The van der Waals surface area contributed by atoms with E-state index in [0.29, 0.717) is 23.2 Å². The first-order chi connectivity index (χ1) is 9.42. The maximum Gasteiger partial charge on any atom is 0.242 e. The van der Waals surface area contributed by atoms with Gasteiger partial charge in [-0.1, -0.05) is 5.16 Å². The summed E-state index contributed by atoms with van der Waals surface area (Å²) in [5.41, 5.74) is 0. The molecule has 9 heteroatoms. The van der Waals surface area contributed by atoms with Crippen LogP contribution in [0.2, 0.25) is 0 Å². The quantitative estimate of drug-likeness (QED) is 0.823. The number of hydrogen-bond donors (Lipinski definition) is 2. The molecule has 0 radical (unpaired) electrons. The van der Waals surface area contributed by atoms with E-state index in [-0.39, 0.29) is 6.54 Å². The van der Waals surface area contributed by atoms with Crippen LogP contribution in [0, 0.1) is 13.8 Å². The van der Waals surface area contributed by atoms with Gasteiger partial charge in [0.25, 0.3) is 0 Å². The fourth-order valence-electron chi connectivity index (χ4n) is 1.70. The van der Waals surface area contributed by atoms with Gasteiger partial charge in [-0.3, -0.25) is 0 Å². The fourth-order valence-corrected chi connectivity index (χ4v) is 4.33. The molecule has 20 heavy (non-hydrogen) atoms. The van der Waals surface area contributed by atoms with Crippen LogP contribution in [-0.4, -0.2) is 25.6 Å². The summed E-state index contributed by atoms with van der Waals surface area (Å²) < 4.78 is 31.7. The normalized spacial score (nSPS) is 11.9. The van der Waals surface area contributed by atoms with E-state index in [1.807, 2.05) is 7.05 Å². The highest BCUT2D eigenvalue weighted by Crippen LogP contribution is 2.25. The zero-order valence-corrected chi connectivity index (χ0v) is 13.1. The minimum absolute atomic E-state index is 0.0102. The van der Waals surface area contributed by atoms with Crippen molar-refractivity contribution >= 4 is 21.4 Å². The molecule has 2 aromatic heterocycles. The molecule has 7 nitrogen and oxygen atoms in total. The van der Waals surface area contributed by atoms with Crippen LogP contribution < -0.4 is 10.0 Å². The molecule has 0 bridgehead atoms. The van der Waals surface area contributed by atoms with E-state index in [9.17, 15) is 8.42 Å². The minimum Gasteiger partial charge on any atom is -0.340 e. The van der Waals surface area contributed by atoms with Crippen molar-refractivity contribution in [1.82, 2.24) is 20.2 Å². The number of hydrogen-bond acceptors (Lipinski definition) is 7. The standard InChI is InChI=1S/C11H16N4O3S2/c1-7-10(4-9(19-7)5-12-3)20(16,17)13-6-11-14-8(2)18-15-11/h4,12-13H,5-6H2,1-3H3. The lowest BCUT2D eigenvalue weighted by Gasteiger charge is -2.03. The molecule has 110 valence electrons. The van der Waals surface area contributed by atoms with Crippen molar-refractivity contribution in [3.63, 3.8) is 0 Å². The number of aromatic nitrogens is 2. The van der Waals surface area contributed by atoms with Gasteiger partial charge in [-0.25, -0.2) is 13.1 Å². The van der Waals surface area contributed by atoms with Crippen molar-refractivity contribution in [2.45, 2.75) is 31.8 Å². The Kier molecular flexibility index (Phi) is 4.53. The second-order valence-corrected chi connectivity index (χ2v) is 7.29. The monoisotopic (exact) mass is 316 g/mol. The third kappa shape index (κ3) is 3.42. The van der Waals surface area contributed by atoms with Gasteiger partial charge in [0.05, 0.1) is 11.4 Å². The van der Waals surface area contributed by atoms with Crippen molar-refractivity contribution in [3.8, 4) is 0 Å². The first-order valence-electron chi connectivity index (χ1n) is 5.95. The Morgan fingerprint density at radius 2 is 2.10 bits per heavy atom. The Bertz CT molecular complexity index is 690. The van der Waals surface area contributed by atoms with Gasteiger partial charge >= 0.3 is 0 Å². The summed E-state index contributed by atoms with van der Waals surface area (Å²) in [5.74, 6) is 0.719. The molecule has 0 fully saturated rings. The minimum atomic E-state index is -3.57. The molecule has 0 unspecified atom stereocenters. The second-order valence-electron chi connectivity index (χ2n) is 4.22. The highest BCUT2D eigenvalue weighted by molar-refractivity contribution is 7.89. The topological polar surface area (TPSA) is 97.1 Å². The number of thiophene rings is 1. The molecule has 0 aliphatic carbocycles. The number of rotatable bonds is 6. The summed E-state index contributed by atoms with van der Waals surface area (Å²) in [5, 5.41) is 6.65. The lowest BCUT2D eigenvalue weighted by atomic mass is 10.4. The largest absolute Gasteiger partial charge is 0.340 e. The number of nitrogens with zero attached hydrogens (tertiary/aromatic N) is 2. The zero-order valence-electron chi connectivity index (χ0n) is 11.4. The van der Waals surface area contributed by atoms with E-state index in [2.05, 4.69) is 20.2 Å². The SMILES string of the molecule is CNCc1cc(S(=O)(=O)NCc2noc(C)n2)c(C)s1. The Morgan fingerprint density at radius 3 is 2.70 bits per heavy atom. The number of nitrogens with one attached hydrogen (secondary N) is 2. The Morgan fingerprint density at radius 1 is 1.35 bits per heavy atom. The summed E-state index contributed by atoms with van der Waals surface area (Å²) in [6.45, 7) is 4.09. The van der Waals surface area contributed by atoms with Crippen LogP contribution in [0.3, 0.4) is 0 Å². The maximum absolute atomic E-state index is 12.2. The highest BCUT2D eigenvalue weighted by atomic mass is 32.2. The molecule has 2 N–H and O–H groups in total. The third-order valence-electron chi connectivity index (χ3n) is 2.55. The molecule has 0 spiro atoms. The summed E-state index contributed by atoms with van der Waals surface area (Å²) in [7, 11) is -1.75. The second kappa shape index (κ2) is 6.00. The van der Waals surface area contributed by atoms with Crippen LogP contribution in [-0.2, 0) is 23.1 Å². The summed E-state index contributed by atoms with van der Waals surface area (Å²) >= 11 is 1.46. The predicted molar refractivity (Wildman–Crippen MR) is 74.9 cm³/mol. The van der Waals surface area contributed by atoms with Gasteiger partial charge < -0.3 is 9.84 Å². The molecule has 2 heterocycles. The highest BCUT2D eigenvalue weighted by Gasteiger charge is 2.20. The van der Waals surface area contributed by atoms with Crippen molar-refractivity contribution in [3.05, 3.63) is 27.5 Å². The fraction of sp³-hybridized carbons (Fsp3) is 0.455. The maximum atomic E-state index is 12.2. The van der Waals surface area contributed by atoms with Gasteiger partial charge in [-0.05, 0) is 20.0 Å². The number of aryl methyl sites for hydroxylation is 2. The summed E-state index contributed by atoms with van der Waals surface area (Å²) in [6, 6.07) is 1.68. The average molecular weight is 316 g/mol. The molecule has 0 aliphatic rings. The molecule has 0 aromatic carbocycles. The molecular weight excluding hydrogens is 300 g/mol. The van der Waals surface area contributed by atoms with Crippen LogP contribution in [0.4, 0.5) is 0 Å². The van der Waals surface area contributed by atoms with E-state index >= 15 is 0 Å². The van der Waals surface area contributed by atoms with Crippen molar-refractivity contribution in [2.75, 3.05) is 7.05 Å². The van der Waals surface area contributed by atoms with Crippen LogP contribution in [0.1, 0.15) is 21.5 Å². The molecule has 0 atom stereocenters. The van der Waals surface area contributed by atoms with E-state index in [1.54, 1.807) is 19.9 Å². The first-order valence-corrected chi connectivity index (χ1v) is 8.25. The summed E-state index contributed by atoms with van der Waals surface area (Å²) in [4.78, 5) is 5.98. The Balaban J connectivity index is 2.13. The summed E-state index contributed by atoms with van der Waals surface area (Å²) in [6.07, 6.45) is 0. The molecule has 0 aliphatic heterocycles. The van der Waals surface area contributed by atoms with Crippen LogP contribution in [0.5, 0.6) is 0 Å². The Hall–Kier alpha value is -1.29. The van der Waals surface area contributed by atoms with Gasteiger partial charge in [0.2, 0.25) is 15.9 Å². The van der Waals surface area contributed by atoms with Gasteiger partial charge in [-0.2, -0.15) is 4.98 Å². The van der Waals surface area contributed by atoms with Gasteiger partial charge in [0.1, 0.15) is 0 Å². The lowest BCUT2D eigenvalue weighted by molar-refractivity contribution is 0.387.